The van der Waals surface area contributed by atoms with Crippen LogP contribution >= 0.6 is 0 Å². The van der Waals surface area contributed by atoms with Crippen molar-refractivity contribution in [3.63, 3.8) is 0 Å². The molecule has 0 saturated heterocycles. The van der Waals surface area contributed by atoms with Gasteiger partial charge in [0.2, 0.25) is 0 Å². The Morgan fingerprint density at radius 2 is 1.60 bits per heavy atom. The van der Waals surface area contributed by atoms with Gasteiger partial charge in [0.25, 0.3) is 0 Å². The standard InChI is InChI=1S/C22H29NO2/c1-17-3-13-22(14-4-17)25-16-15-23(2)20-9-5-18(6-10-20)19-7-11-21(24)12-8-19/h3-4,7-8,11-14,18,20,24H,5-6,9-10,15-16H2,1-2H3/t18-,20+. The minimum absolute atomic E-state index is 0.353. The second-order valence-electron chi connectivity index (χ2n) is 7.24. The Balaban J connectivity index is 1.41. The first-order valence-corrected chi connectivity index (χ1v) is 9.30. The van der Waals surface area contributed by atoms with Gasteiger partial charge >= 0.3 is 0 Å². The molecule has 1 aliphatic carbocycles. The highest BCUT2D eigenvalue weighted by Crippen LogP contribution is 2.34. The Morgan fingerprint density at radius 1 is 0.960 bits per heavy atom. The maximum Gasteiger partial charge on any atom is 0.119 e. The van der Waals surface area contributed by atoms with Crippen LogP contribution in [0.3, 0.4) is 0 Å². The van der Waals surface area contributed by atoms with E-state index in [1.807, 2.05) is 12.1 Å². The minimum atomic E-state index is 0.353. The molecule has 0 unspecified atom stereocenters. The Labute approximate surface area is 151 Å². The number of nitrogens with zero attached hydrogens (tertiary/aromatic N) is 1. The zero-order chi connectivity index (χ0) is 17.6. The molecule has 25 heavy (non-hydrogen) atoms. The highest BCUT2D eigenvalue weighted by molar-refractivity contribution is 5.28. The number of aromatic hydroxyl groups is 1. The van der Waals surface area contributed by atoms with Crippen molar-refractivity contribution in [3.05, 3.63) is 59.7 Å². The molecule has 0 aromatic heterocycles. The van der Waals surface area contributed by atoms with Gasteiger partial charge in [0, 0.05) is 12.6 Å². The summed E-state index contributed by atoms with van der Waals surface area (Å²) in [5, 5.41) is 9.43. The van der Waals surface area contributed by atoms with Gasteiger partial charge in [0.1, 0.15) is 18.1 Å². The number of hydrogen-bond donors (Lipinski definition) is 1. The fourth-order valence-electron chi connectivity index (χ4n) is 3.72. The SMILES string of the molecule is Cc1ccc(OCCN(C)[C@H]2CC[C@@H](c3ccc(O)cc3)CC2)cc1. The van der Waals surface area contributed by atoms with Crippen LogP contribution in [-0.2, 0) is 0 Å². The smallest absolute Gasteiger partial charge is 0.119 e. The molecule has 3 nitrogen and oxygen atoms in total. The van der Waals surface area contributed by atoms with Crippen LogP contribution in [0.2, 0.25) is 0 Å². The van der Waals surface area contributed by atoms with Gasteiger partial charge in [-0.1, -0.05) is 29.8 Å². The summed E-state index contributed by atoms with van der Waals surface area (Å²) in [6.45, 7) is 3.78. The monoisotopic (exact) mass is 339 g/mol. The number of ether oxygens (including phenoxy) is 1. The summed E-state index contributed by atoms with van der Waals surface area (Å²) >= 11 is 0. The molecule has 0 atom stereocenters. The lowest BCUT2D eigenvalue weighted by Gasteiger charge is -2.34. The van der Waals surface area contributed by atoms with Crippen LogP contribution in [0.5, 0.6) is 11.5 Å². The van der Waals surface area contributed by atoms with Gasteiger partial charge in [-0.25, -0.2) is 0 Å². The van der Waals surface area contributed by atoms with E-state index in [0.29, 0.717) is 17.7 Å². The molecule has 0 amide bonds. The van der Waals surface area contributed by atoms with Crippen molar-refractivity contribution < 1.29 is 9.84 Å². The number of hydrogen-bond acceptors (Lipinski definition) is 3. The Morgan fingerprint density at radius 3 is 2.24 bits per heavy atom. The van der Waals surface area contributed by atoms with Gasteiger partial charge in [-0.15, -0.1) is 0 Å². The van der Waals surface area contributed by atoms with Crippen LogP contribution in [0.15, 0.2) is 48.5 Å². The van der Waals surface area contributed by atoms with Crippen molar-refractivity contribution in [2.24, 2.45) is 0 Å². The van der Waals surface area contributed by atoms with Gasteiger partial charge in [-0.05, 0) is 75.4 Å². The second kappa shape index (κ2) is 8.39. The van der Waals surface area contributed by atoms with E-state index in [4.69, 9.17) is 4.74 Å². The second-order valence-corrected chi connectivity index (χ2v) is 7.24. The zero-order valence-corrected chi connectivity index (χ0v) is 15.3. The van der Waals surface area contributed by atoms with Gasteiger partial charge in [0.15, 0.2) is 0 Å². The largest absolute Gasteiger partial charge is 0.508 e. The summed E-state index contributed by atoms with van der Waals surface area (Å²) in [5.74, 6) is 1.94. The number of likely N-dealkylation sites (N-methyl/N-ethyl adjacent to an activating group) is 1. The highest BCUT2D eigenvalue weighted by Gasteiger charge is 2.24. The first-order chi connectivity index (χ1) is 12.1. The number of aryl methyl sites for hydroxylation is 1. The van der Waals surface area contributed by atoms with Crippen molar-refractivity contribution in [3.8, 4) is 11.5 Å². The molecule has 1 aliphatic rings. The van der Waals surface area contributed by atoms with Crippen molar-refractivity contribution in [2.45, 2.75) is 44.6 Å². The quantitative estimate of drug-likeness (QED) is 0.825. The molecule has 2 aromatic rings. The third-order valence-corrected chi connectivity index (χ3v) is 5.42. The molecule has 0 bridgehead atoms. The first kappa shape index (κ1) is 17.8. The van der Waals surface area contributed by atoms with E-state index in [0.717, 1.165) is 18.9 Å². The fraction of sp³-hybridized carbons (Fsp3) is 0.455. The van der Waals surface area contributed by atoms with E-state index >= 15 is 0 Å². The number of phenolic OH excluding ortho intramolecular Hbond substituents is 1. The van der Waals surface area contributed by atoms with Crippen LogP contribution in [-0.4, -0.2) is 36.2 Å². The molecule has 0 spiro atoms. The van der Waals surface area contributed by atoms with Gasteiger partial charge < -0.3 is 14.7 Å². The molecule has 0 aliphatic heterocycles. The highest BCUT2D eigenvalue weighted by atomic mass is 16.5. The topological polar surface area (TPSA) is 32.7 Å². The average Bonchev–Trinajstić information content (AvgIpc) is 2.64. The molecule has 1 fully saturated rings. The molecule has 0 heterocycles. The van der Waals surface area contributed by atoms with Crippen molar-refractivity contribution in [1.82, 2.24) is 4.90 Å². The molecule has 3 heteroatoms. The molecule has 1 N–H and O–H groups in total. The van der Waals surface area contributed by atoms with Crippen LogP contribution in [0, 0.1) is 6.92 Å². The summed E-state index contributed by atoms with van der Waals surface area (Å²) < 4.78 is 5.86. The summed E-state index contributed by atoms with van der Waals surface area (Å²) in [6, 6.07) is 16.6. The number of benzene rings is 2. The summed E-state index contributed by atoms with van der Waals surface area (Å²) in [4.78, 5) is 2.45. The Kier molecular flexibility index (Phi) is 5.98. The predicted octanol–water partition coefficient (Wildman–Crippen LogP) is 4.74. The summed E-state index contributed by atoms with van der Waals surface area (Å²) in [7, 11) is 2.21. The summed E-state index contributed by atoms with van der Waals surface area (Å²) in [5.41, 5.74) is 2.62. The van der Waals surface area contributed by atoms with Crippen LogP contribution in [0.1, 0.15) is 42.7 Å². The van der Waals surface area contributed by atoms with E-state index < -0.39 is 0 Å². The average molecular weight is 339 g/mol. The van der Waals surface area contributed by atoms with E-state index in [2.05, 4.69) is 43.1 Å². The van der Waals surface area contributed by atoms with Crippen molar-refractivity contribution in [1.29, 1.82) is 0 Å². The van der Waals surface area contributed by atoms with E-state index in [1.165, 1.54) is 36.8 Å². The van der Waals surface area contributed by atoms with Crippen LogP contribution < -0.4 is 4.74 Å². The fourth-order valence-corrected chi connectivity index (χ4v) is 3.72. The zero-order valence-electron chi connectivity index (χ0n) is 15.3. The van der Waals surface area contributed by atoms with E-state index in [-0.39, 0.29) is 0 Å². The Hall–Kier alpha value is -2.00. The minimum Gasteiger partial charge on any atom is -0.508 e. The van der Waals surface area contributed by atoms with E-state index in [1.54, 1.807) is 12.1 Å². The van der Waals surface area contributed by atoms with Crippen LogP contribution in [0.4, 0.5) is 0 Å². The van der Waals surface area contributed by atoms with E-state index in [9.17, 15) is 5.11 Å². The first-order valence-electron chi connectivity index (χ1n) is 9.30. The van der Waals surface area contributed by atoms with Gasteiger partial charge in [0.05, 0.1) is 0 Å². The number of rotatable bonds is 6. The molecule has 2 aromatic carbocycles. The number of phenols is 1. The van der Waals surface area contributed by atoms with Gasteiger partial charge in [-0.2, -0.15) is 0 Å². The summed E-state index contributed by atoms with van der Waals surface area (Å²) in [6.07, 6.45) is 4.90. The lowest BCUT2D eigenvalue weighted by atomic mass is 9.81. The third kappa shape index (κ3) is 4.99. The third-order valence-electron chi connectivity index (χ3n) is 5.42. The Bertz CT molecular complexity index is 643. The van der Waals surface area contributed by atoms with Crippen molar-refractivity contribution >= 4 is 0 Å². The van der Waals surface area contributed by atoms with Crippen LogP contribution in [0.25, 0.3) is 0 Å². The molecule has 134 valence electrons. The maximum absolute atomic E-state index is 9.43. The lowest BCUT2D eigenvalue weighted by Crippen LogP contribution is -2.37. The molecule has 0 radical (unpaired) electrons. The molecular weight excluding hydrogens is 310 g/mol. The van der Waals surface area contributed by atoms with Gasteiger partial charge in [-0.3, -0.25) is 0 Å². The predicted molar refractivity (Wildman–Crippen MR) is 102 cm³/mol. The van der Waals surface area contributed by atoms with Crippen molar-refractivity contribution in [2.75, 3.05) is 20.2 Å². The normalized spacial score (nSPS) is 20.6. The maximum atomic E-state index is 9.43. The molecule has 1 saturated carbocycles. The lowest BCUT2D eigenvalue weighted by molar-refractivity contribution is 0.154. The molecule has 3 rings (SSSR count). The molecular formula is C22H29NO2.